The molecule has 0 amide bonds. The van der Waals surface area contributed by atoms with Gasteiger partial charge in [-0.1, -0.05) is 12.1 Å². The minimum Gasteiger partial charge on any atom is -0.296 e. The van der Waals surface area contributed by atoms with Gasteiger partial charge >= 0.3 is 0 Å². The molecule has 0 aliphatic carbocycles. The quantitative estimate of drug-likeness (QED) is 0.833. The average molecular weight is 362 g/mol. The summed E-state index contributed by atoms with van der Waals surface area (Å²) in [4.78, 5) is 2.73. The molecule has 136 valence electrons. The third-order valence-electron chi connectivity index (χ3n) is 4.80. The van der Waals surface area contributed by atoms with E-state index in [4.69, 9.17) is 0 Å². The fraction of sp³-hybridized carbons (Fsp3) is 0.500. The zero-order chi connectivity index (χ0) is 18.2. The first-order valence-electron chi connectivity index (χ1n) is 8.56. The predicted molar refractivity (Wildman–Crippen MR) is 97.9 cm³/mol. The molecule has 1 aliphatic heterocycles. The number of hydrogen-bond donors (Lipinski definition) is 0. The van der Waals surface area contributed by atoms with Crippen LogP contribution in [-0.4, -0.2) is 53.6 Å². The van der Waals surface area contributed by atoms with Crippen molar-refractivity contribution < 1.29 is 8.42 Å². The molecule has 1 aliphatic rings. The largest absolute Gasteiger partial charge is 0.296 e. The lowest BCUT2D eigenvalue weighted by molar-refractivity contribution is 0.181. The lowest BCUT2D eigenvalue weighted by atomic mass is 10.2. The second kappa shape index (κ2) is 6.90. The summed E-state index contributed by atoms with van der Waals surface area (Å²) >= 11 is 0. The highest BCUT2D eigenvalue weighted by Crippen LogP contribution is 2.23. The Morgan fingerprint density at radius 2 is 1.76 bits per heavy atom. The van der Waals surface area contributed by atoms with Crippen molar-refractivity contribution in [2.75, 3.05) is 26.2 Å². The first-order valence-corrected chi connectivity index (χ1v) is 10.0. The van der Waals surface area contributed by atoms with Crippen molar-refractivity contribution >= 4 is 10.0 Å². The zero-order valence-electron chi connectivity index (χ0n) is 15.4. The van der Waals surface area contributed by atoms with Crippen molar-refractivity contribution in [2.24, 2.45) is 7.05 Å². The molecule has 1 fully saturated rings. The number of aromatic nitrogens is 2. The van der Waals surface area contributed by atoms with E-state index in [0.717, 1.165) is 36.5 Å². The number of hydrogen-bond acceptors (Lipinski definition) is 4. The standard InChI is InChI=1S/C18H26N4O2S/c1-14-5-6-15(2)18(11-14)25(23,24)22-9-7-21(8-10-22)13-17-12-20(4)19-16(17)3/h5-6,11-12H,7-10,13H2,1-4H3. The maximum atomic E-state index is 13.0. The van der Waals surface area contributed by atoms with Crippen molar-refractivity contribution in [1.82, 2.24) is 19.0 Å². The lowest BCUT2D eigenvalue weighted by Crippen LogP contribution is -2.48. The van der Waals surface area contributed by atoms with Crippen molar-refractivity contribution in [2.45, 2.75) is 32.2 Å². The van der Waals surface area contributed by atoms with Gasteiger partial charge in [0.05, 0.1) is 10.6 Å². The smallest absolute Gasteiger partial charge is 0.243 e. The molecule has 3 rings (SSSR count). The summed E-state index contributed by atoms with van der Waals surface area (Å²) in [6.45, 7) is 9.12. The van der Waals surface area contributed by atoms with E-state index in [2.05, 4.69) is 10.00 Å². The van der Waals surface area contributed by atoms with Gasteiger partial charge in [-0.25, -0.2) is 8.42 Å². The minimum absolute atomic E-state index is 0.434. The van der Waals surface area contributed by atoms with E-state index in [1.165, 1.54) is 5.56 Å². The number of nitrogens with zero attached hydrogens (tertiary/aromatic N) is 4. The Hall–Kier alpha value is -1.70. The van der Waals surface area contributed by atoms with Crippen LogP contribution in [0.2, 0.25) is 0 Å². The summed E-state index contributed by atoms with van der Waals surface area (Å²) < 4.78 is 29.4. The van der Waals surface area contributed by atoms with Crippen LogP contribution < -0.4 is 0 Å². The summed E-state index contributed by atoms with van der Waals surface area (Å²) in [5.41, 5.74) is 4.01. The Kier molecular flexibility index (Phi) is 4.99. The van der Waals surface area contributed by atoms with Crippen LogP contribution in [-0.2, 0) is 23.6 Å². The molecule has 0 unspecified atom stereocenters. The van der Waals surface area contributed by atoms with Gasteiger partial charge in [-0.05, 0) is 38.0 Å². The molecular weight excluding hydrogens is 336 g/mol. The molecule has 1 aromatic heterocycles. The van der Waals surface area contributed by atoms with Gasteiger partial charge in [0.15, 0.2) is 0 Å². The van der Waals surface area contributed by atoms with Gasteiger partial charge in [0, 0.05) is 51.5 Å². The number of aryl methyl sites for hydroxylation is 4. The SMILES string of the molecule is Cc1ccc(C)c(S(=O)(=O)N2CCN(Cc3cn(C)nc3C)CC2)c1. The van der Waals surface area contributed by atoms with E-state index in [1.807, 2.05) is 50.8 Å². The molecule has 2 aromatic rings. The van der Waals surface area contributed by atoms with Crippen LogP contribution in [0.25, 0.3) is 0 Å². The Morgan fingerprint density at radius 3 is 2.36 bits per heavy atom. The average Bonchev–Trinajstić information content (AvgIpc) is 2.87. The molecule has 1 aromatic carbocycles. The van der Waals surface area contributed by atoms with Crippen LogP contribution in [0.1, 0.15) is 22.4 Å². The van der Waals surface area contributed by atoms with E-state index in [-0.39, 0.29) is 0 Å². The second-order valence-electron chi connectivity index (χ2n) is 6.86. The third-order valence-corrected chi connectivity index (χ3v) is 6.84. The maximum absolute atomic E-state index is 13.0. The summed E-state index contributed by atoms with van der Waals surface area (Å²) in [7, 11) is -1.50. The number of piperazine rings is 1. The van der Waals surface area contributed by atoms with Gasteiger partial charge in [0.2, 0.25) is 10.0 Å². The van der Waals surface area contributed by atoms with Crippen LogP contribution in [0.5, 0.6) is 0 Å². The second-order valence-corrected chi connectivity index (χ2v) is 8.77. The summed E-state index contributed by atoms with van der Waals surface area (Å²) in [5, 5.41) is 4.37. The van der Waals surface area contributed by atoms with Gasteiger partial charge in [-0.15, -0.1) is 0 Å². The van der Waals surface area contributed by atoms with E-state index in [9.17, 15) is 8.42 Å². The van der Waals surface area contributed by atoms with E-state index < -0.39 is 10.0 Å². The molecule has 2 heterocycles. The van der Waals surface area contributed by atoms with Gasteiger partial charge in [-0.2, -0.15) is 9.40 Å². The molecule has 25 heavy (non-hydrogen) atoms. The van der Waals surface area contributed by atoms with Gasteiger partial charge in [0.25, 0.3) is 0 Å². The summed E-state index contributed by atoms with van der Waals surface area (Å²) in [6, 6.07) is 5.60. The van der Waals surface area contributed by atoms with Gasteiger partial charge < -0.3 is 0 Å². The number of rotatable bonds is 4. The molecule has 7 heteroatoms. The highest BCUT2D eigenvalue weighted by molar-refractivity contribution is 7.89. The maximum Gasteiger partial charge on any atom is 0.243 e. The van der Waals surface area contributed by atoms with Crippen LogP contribution in [0.3, 0.4) is 0 Å². The predicted octanol–water partition coefficient (Wildman–Crippen LogP) is 1.85. The van der Waals surface area contributed by atoms with Gasteiger partial charge in [0.1, 0.15) is 0 Å². The molecule has 1 saturated heterocycles. The van der Waals surface area contributed by atoms with E-state index in [0.29, 0.717) is 18.0 Å². The Balaban J connectivity index is 1.69. The highest BCUT2D eigenvalue weighted by Gasteiger charge is 2.29. The third kappa shape index (κ3) is 3.78. The van der Waals surface area contributed by atoms with Crippen LogP contribution in [0, 0.1) is 20.8 Å². The van der Waals surface area contributed by atoms with Crippen molar-refractivity contribution in [3.63, 3.8) is 0 Å². The normalized spacial score (nSPS) is 17.1. The van der Waals surface area contributed by atoms with Crippen LogP contribution in [0.4, 0.5) is 0 Å². The minimum atomic E-state index is -3.43. The topological polar surface area (TPSA) is 58.4 Å². The lowest BCUT2D eigenvalue weighted by Gasteiger charge is -2.34. The van der Waals surface area contributed by atoms with Crippen molar-refractivity contribution in [3.05, 3.63) is 46.8 Å². The summed E-state index contributed by atoms with van der Waals surface area (Å²) in [5.74, 6) is 0. The number of benzene rings is 1. The first kappa shape index (κ1) is 18.1. The summed E-state index contributed by atoms with van der Waals surface area (Å²) in [6.07, 6.45) is 2.04. The van der Waals surface area contributed by atoms with Crippen LogP contribution >= 0.6 is 0 Å². The Bertz CT molecular complexity index is 865. The van der Waals surface area contributed by atoms with Crippen molar-refractivity contribution in [1.29, 1.82) is 0 Å². The molecule has 0 spiro atoms. The molecular formula is C18H26N4O2S. The molecule has 0 radical (unpaired) electrons. The monoisotopic (exact) mass is 362 g/mol. The van der Waals surface area contributed by atoms with Crippen LogP contribution in [0.15, 0.2) is 29.3 Å². The Morgan fingerprint density at radius 1 is 1.08 bits per heavy atom. The number of sulfonamides is 1. The molecule has 6 nitrogen and oxygen atoms in total. The van der Waals surface area contributed by atoms with Crippen molar-refractivity contribution in [3.8, 4) is 0 Å². The van der Waals surface area contributed by atoms with Gasteiger partial charge in [-0.3, -0.25) is 9.58 Å². The van der Waals surface area contributed by atoms with E-state index >= 15 is 0 Å². The molecule has 0 N–H and O–H groups in total. The Labute approximate surface area is 150 Å². The first-order chi connectivity index (χ1) is 11.8. The highest BCUT2D eigenvalue weighted by atomic mass is 32.2. The molecule has 0 atom stereocenters. The molecule has 0 bridgehead atoms. The molecule has 0 saturated carbocycles. The fourth-order valence-electron chi connectivity index (χ4n) is 3.30. The zero-order valence-corrected chi connectivity index (χ0v) is 16.2. The van der Waals surface area contributed by atoms with E-state index in [1.54, 1.807) is 10.4 Å². The fourth-order valence-corrected chi connectivity index (χ4v) is 5.03.